The van der Waals surface area contributed by atoms with Gasteiger partial charge < -0.3 is 15.0 Å². The molecule has 3 aromatic heterocycles. The fraction of sp³-hybridized carbons (Fsp3) is 0.286. The first-order chi connectivity index (χ1) is 13.8. The zero-order valence-corrected chi connectivity index (χ0v) is 16.1. The van der Waals surface area contributed by atoms with Gasteiger partial charge in [0, 0.05) is 30.9 Å². The summed E-state index contributed by atoms with van der Waals surface area (Å²) in [6.07, 6.45) is 4.70. The summed E-state index contributed by atoms with van der Waals surface area (Å²) in [5.41, 5.74) is 0.966. The van der Waals surface area contributed by atoms with Crippen LogP contribution in [0.2, 0.25) is 0 Å². The maximum Gasteiger partial charge on any atom is 0.172 e. The third-order valence-corrected chi connectivity index (χ3v) is 6.28. The molecule has 0 bridgehead atoms. The predicted molar refractivity (Wildman–Crippen MR) is 111 cm³/mol. The van der Waals surface area contributed by atoms with E-state index in [0.717, 1.165) is 53.4 Å². The molecule has 1 atom stereocenters. The molecular weight excluding hydrogens is 370 g/mol. The number of hydrogen-bond acceptors (Lipinski definition) is 6. The molecule has 1 aliphatic heterocycles. The Balaban J connectivity index is 1.43. The Hall–Kier alpha value is -2.77. The number of hydrogen-bond donors (Lipinski definition) is 2. The summed E-state index contributed by atoms with van der Waals surface area (Å²) in [5.74, 6) is 2.62. The van der Waals surface area contributed by atoms with Gasteiger partial charge in [-0.3, -0.25) is 0 Å². The van der Waals surface area contributed by atoms with Gasteiger partial charge in [0.25, 0.3) is 0 Å². The third-order valence-electron chi connectivity index (χ3n) is 5.41. The van der Waals surface area contributed by atoms with E-state index in [4.69, 9.17) is 9.97 Å². The van der Waals surface area contributed by atoms with E-state index in [1.54, 1.807) is 23.7 Å². The molecule has 1 aromatic carbocycles. The minimum absolute atomic E-state index is 0.201. The smallest absolute Gasteiger partial charge is 0.172 e. The maximum atomic E-state index is 10.6. The lowest BCUT2D eigenvalue weighted by Gasteiger charge is -2.35. The molecule has 142 valence electrons. The van der Waals surface area contributed by atoms with E-state index >= 15 is 0 Å². The minimum atomic E-state index is -0.541. The molecule has 4 aromatic rings. The Kier molecular flexibility index (Phi) is 4.54. The normalized spacial score (nSPS) is 16.5. The molecular formula is C21H21N5OS. The highest BCUT2D eigenvalue weighted by Crippen LogP contribution is 2.34. The van der Waals surface area contributed by atoms with Crippen molar-refractivity contribution in [1.82, 2.24) is 19.9 Å². The van der Waals surface area contributed by atoms with Gasteiger partial charge in [0.15, 0.2) is 5.82 Å². The molecule has 7 heteroatoms. The average Bonchev–Trinajstić information content (AvgIpc) is 3.47. The number of nitrogens with one attached hydrogen (secondary N) is 1. The quantitative estimate of drug-likeness (QED) is 0.549. The number of H-pyrrole nitrogens is 1. The molecule has 1 saturated heterocycles. The molecule has 4 heterocycles. The lowest BCUT2D eigenvalue weighted by Crippen LogP contribution is -2.36. The van der Waals surface area contributed by atoms with Crippen molar-refractivity contribution in [2.75, 3.05) is 18.0 Å². The lowest BCUT2D eigenvalue weighted by atomic mass is 9.90. The molecule has 1 unspecified atom stereocenters. The van der Waals surface area contributed by atoms with Crippen LogP contribution in [0.5, 0.6) is 0 Å². The van der Waals surface area contributed by atoms with Crippen LogP contribution in [-0.2, 0) is 0 Å². The SMILES string of the molecule is OC(c1ncc[nH]1)C1CCN(c2nc(-c3cccs3)nc3ccccc23)CC1. The van der Waals surface area contributed by atoms with Gasteiger partial charge in [-0.15, -0.1) is 11.3 Å². The molecule has 0 spiro atoms. The molecule has 2 N–H and O–H groups in total. The van der Waals surface area contributed by atoms with Gasteiger partial charge in [-0.2, -0.15) is 0 Å². The first kappa shape index (κ1) is 17.3. The summed E-state index contributed by atoms with van der Waals surface area (Å²) < 4.78 is 0. The number of aliphatic hydroxyl groups is 1. The zero-order chi connectivity index (χ0) is 18.9. The maximum absolute atomic E-state index is 10.6. The summed E-state index contributed by atoms with van der Waals surface area (Å²) in [5, 5.41) is 13.7. The summed E-state index contributed by atoms with van der Waals surface area (Å²) in [6.45, 7) is 1.71. The highest BCUT2D eigenvalue weighted by Gasteiger charge is 2.29. The van der Waals surface area contributed by atoms with Gasteiger partial charge in [0.2, 0.25) is 0 Å². The van der Waals surface area contributed by atoms with E-state index in [2.05, 4.69) is 32.4 Å². The average molecular weight is 392 g/mol. The summed E-state index contributed by atoms with van der Waals surface area (Å²) >= 11 is 1.66. The van der Waals surface area contributed by atoms with Crippen LogP contribution >= 0.6 is 11.3 Å². The number of benzene rings is 1. The number of rotatable bonds is 4. The van der Waals surface area contributed by atoms with Gasteiger partial charge >= 0.3 is 0 Å². The standard InChI is InChI=1S/C21H21N5OS/c27-18(20-22-9-10-23-20)14-7-11-26(12-8-14)21-15-4-1-2-5-16(15)24-19(25-21)17-6-3-13-28-17/h1-6,9-10,13-14,18,27H,7-8,11-12H2,(H,22,23). The van der Waals surface area contributed by atoms with Crippen LogP contribution in [0.1, 0.15) is 24.8 Å². The van der Waals surface area contributed by atoms with Crippen molar-refractivity contribution in [3.8, 4) is 10.7 Å². The van der Waals surface area contributed by atoms with Gasteiger partial charge in [-0.1, -0.05) is 18.2 Å². The Morgan fingerprint density at radius 3 is 2.71 bits per heavy atom. The highest BCUT2D eigenvalue weighted by molar-refractivity contribution is 7.13. The van der Waals surface area contributed by atoms with Crippen molar-refractivity contribution in [1.29, 1.82) is 0 Å². The van der Waals surface area contributed by atoms with E-state index in [1.165, 1.54) is 0 Å². The van der Waals surface area contributed by atoms with Gasteiger partial charge in [-0.25, -0.2) is 15.0 Å². The van der Waals surface area contributed by atoms with Gasteiger partial charge in [-0.05, 0) is 42.3 Å². The van der Waals surface area contributed by atoms with E-state index in [0.29, 0.717) is 5.82 Å². The van der Waals surface area contributed by atoms with Crippen molar-refractivity contribution < 1.29 is 5.11 Å². The van der Waals surface area contributed by atoms with Crippen LogP contribution in [0.25, 0.3) is 21.6 Å². The number of anilines is 1. The fourth-order valence-electron chi connectivity index (χ4n) is 3.91. The van der Waals surface area contributed by atoms with E-state index in [1.807, 2.05) is 24.3 Å². The Morgan fingerprint density at radius 1 is 1.11 bits per heavy atom. The molecule has 0 amide bonds. The number of aliphatic hydroxyl groups excluding tert-OH is 1. The zero-order valence-electron chi connectivity index (χ0n) is 15.3. The van der Waals surface area contributed by atoms with Crippen LogP contribution in [0.15, 0.2) is 54.2 Å². The number of fused-ring (bicyclic) bond motifs is 1. The molecule has 1 fully saturated rings. The molecule has 28 heavy (non-hydrogen) atoms. The van der Waals surface area contributed by atoms with Crippen LogP contribution in [0, 0.1) is 5.92 Å². The third kappa shape index (κ3) is 3.16. The Bertz CT molecular complexity index is 1060. The van der Waals surface area contributed by atoms with E-state index in [9.17, 15) is 5.11 Å². The molecule has 1 aliphatic rings. The first-order valence-electron chi connectivity index (χ1n) is 9.52. The molecule has 0 aliphatic carbocycles. The number of thiophene rings is 1. The van der Waals surface area contributed by atoms with Gasteiger partial charge in [0.1, 0.15) is 17.7 Å². The van der Waals surface area contributed by atoms with Gasteiger partial charge in [0.05, 0.1) is 10.4 Å². The second kappa shape index (κ2) is 7.33. The number of nitrogens with zero attached hydrogens (tertiary/aromatic N) is 4. The van der Waals surface area contributed by atoms with E-state index in [-0.39, 0.29) is 5.92 Å². The molecule has 5 rings (SSSR count). The fourth-order valence-corrected chi connectivity index (χ4v) is 4.56. The molecule has 0 saturated carbocycles. The monoisotopic (exact) mass is 391 g/mol. The highest BCUT2D eigenvalue weighted by atomic mass is 32.1. The first-order valence-corrected chi connectivity index (χ1v) is 10.4. The molecule has 0 radical (unpaired) electrons. The second-order valence-electron chi connectivity index (χ2n) is 7.11. The number of aromatic amines is 1. The predicted octanol–water partition coefficient (Wildman–Crippen LogP) is 4.03. The van der Waals surface area contributed by atoms with Crippen LogP contribution in [0.4, 0.5) is 5.82 Å². The van der Waals surface area contributed by atoms with Crippen molar-refractivity contribution in [2.24, 2.45) is 5.92 Å². The van der Waals surface area contributed by atoms with Crippen molar-refractivity contribution in [2.45, 2.75) is 18.9 Å². The van der Waals surface area contributed by atoms with Crippen molar-refractivity contribution in [3.05, 3.63) is 60.0 Å². The van der Waals surface area contributed by atoms with Crippen molar-refractivity contribution in [3.63, 3.8) is 0 Å². The van der Waals surface area contributed by atoms with Crippen molar-refractivity contribution >= 4 is 28.1 Å². The number of aromatic nitrogens is 4. The molecule has 6 nitrogen and oxygen atoms in total. The van der Waals surface area contributed by atoms with Crippen LogP contribution in [0.3, 0.4) is 0 Å². The number of para-hydroxylation sites is 1. The van der Waals surface area contributed by atoms with Crippen LogP contribution in [-0.4, -0.2) is 38.1 Å². The summed E-state index contributed by atoms with van der Waals surface area (Å²) in [7, 11) is 0. The largest absolute Gasteiger partial charge is 0.385 e. The minimum Gasteiger partial charge on any atom is -0.385 e. The lowest BCUT2D eigenvalue weighted by molar-refractivity contribution is 0.0856. The summed E-state index contributed by atoms with van der Waals surface area (Å²) in [6, 6.07) is 12.3. The number of piperidine rings is 1. The Morgan fingerprint density at radius 2 is 1.96 bits per heavy atom. The summed E-state index contributed by atoms with van der Waals surface area (Å²) in [4.78, 5) is 20.3. The second-order valence-corrected chi connectivity index (χ2v) is 8.06. The Labute approximate surface area is 166 Å². The number of imidazole rings is 1. The van der Waals surface area contributed by atoms with Crippen LogP contribution < -0.4 is 4.90 Å². The topological polar surface area (TPSA) is 77.9 Å². The van der Waals surface area contributed by atoms with E-state index < -0.39 is 6.10 Å².